The van der Waals surface area contributed by atoms with Crippen molar-refractivity contribution in [1.82, 2.24) is 5.32 Å². The van der Waals surface area contributed by atoms with Crippen LogP contribution in [-0.4, -0.2) is 12.1 Å². The molecule has 1 N–H and O–H groups in total. The summed E-state index contributed by atoms with van der Waals surface area (Å²) >= 11 is 0. The molecule has 0 aromatic heterocycles. The standard InChI is InChI=1S/C16H27N/c1-10(2)16-7-11-5-12(8-16)15(13(6-11)9-16)17-14-3-4-14/h10-15,17H,3-9H2,1-2H3. The van der Waals surface area contributed by atoms with Crippen LogP contribution in [0.5, 0.6) is 0 Å². The van der Waals surface area contributed by atoms with Crippen molar-refractivity contribution in [1.29, 1.82) is 0 Å². The molecule has 5 aliphatic rings. The summed E-state index contributed by atoms with van der Waals surface area (Å²) < 4.78 is 0. The average molecular weight is 233 g/mol. The topological polar surface area (TPSA) is 12.0 Å². The van der Waals surface area contributed by atoms with Gasteiger partial charge in [0.1, 0.15) is 0 Å². The SMILES string of the molecule is CC(C)C12CC3CC(C1)C(NC1CC1)C(C3)C2. The Balaban J connectivity index is 1.58. The van der Waals surface area contributed by atoms with E-state index in [2.05, 4.69) is 19.2 Å². The molecule has 17 heavy (non-hydrogen) atoms. The van der Waals surface area contributed by atoms with Crippen LogP contribution in [0.25, 0.3) is 0 Å². The van der Waals surface area contributed by atoms with Crippen LogP contribution >= 0.6 is 0 Å². The highest BCUT2D eigenvalue weighted by Gasteiger charge is 2.56. The maximum Gasteiger partial charge on any atom is 0.0127 e. The predicted molar refractivity (Wildman–Crippen MR) is 70.8 cm³/mol. The lowest BCUT2D eigenvalue weighted by Crippen LogP contribution is -2.59. The molecular weight excluding hydrogens is 206 g/mol. The molecule has 0 radical (unpaired) electrons. The van der Waals surface area contributed by atoms with Crippen LogP contribution in [0.15, 0.2) is 0 Å². The number of hydrogen-bond acceptors (Lipinski definition) is 1. The zero-order chi connectivity index (χ0) is 11.6. The molecule has 5 aliphatic carbocycles. The van der Waals surface area contributed by atoms with Crippen LogP contribution in [0, 0.1) is 29.1 Å². The van der Waals surface area contributed by atoms with Gasteiger partial charge in [0.25, 0.3) is 0 Å². The normalized spacial score (nSPS) is 52.4. The van der Waals surface area contributed by atoms with Crippen LogP contribution < -0.4 is 5.32 Å². The first-order valence-corrected chi connectivity index (χ1v) is 7.92. The molecule has 0 heterocycles. The highest BCUT2D eigenvalue weighted by atomic mass is 15.0. The van der Waals surface area contributed by atoms with Gasteiger partial charge in [0.2, 0.25) is 0 Å². The van der Waals surface area contributed by atoms with E-state index in [4.69, 9.17) is 0 Å². The van der Waals surface area contributed by atoms with E-state index < -0.39 is 0 Å². The summed E-state index contributed by atoms with van der Waals surface area (Å²) in [6, 6.07) is 1.82. The largest absolute Gasteiger partial charge is 0.311 e. The minimum atomic E-state index is 0.748. The Morgan fingerprint density at radius 1 is 1.00 bits per heavy atom. The van der Waals surface area contributed by atoms with Gasteiger partial charge in [0.05, 0.1) is 0 Å². The molecule has 4 bridgehead atoms. The molecule has 0 aromatic carbocycles. The van der Waals surface area contributed by atoms with Gasteiger partial charge in [-0.3, -0.25) is 0 Å². The van der Waals surface area contributed by atoms with Crippen molar-refractivity contribution in [2.75, 3.05) is 0 Å². The highest BCUT2D eigenvalue weighted by Crippen LogP contribution is 2.62. The summed E-state index contributed by atoms with van der Waals surface area (Å²) in [5.74, 6) is 4.07. The first-order valence-electron chi connectivity index (χ1n) is 7.92. The second-order valence-electron chi connectivity index (χ2n) is 7.95. The van der Waals surface area contributed by atoms with E-state index in [-0.39, 0.29) is 0 Å². The fraction of sp³-hybridized carbons (Fsp3) is 1.00. The number of nitrogens with one attached hydrogen (secondary N) is 1. The van der Waals surface area contributed by atoms with E-state index in [1.807, 2.05) is 0 Å². The Labute approximate surface area is 106 Å². The maximum atomic E-state index is 3.99. The molecule has 2 unspecified atom stereocenters. The molecule has 0 saturated heterocycles. The van der Waals surface area contributed by atoms with Gasteiger partial charge in [-0.1, -0.05) is 13.8 Å². The van der Waals surface area contributed by atoms with Crippen LogP contribution in [0.4, 0.5) is 0 Å². The van der Waals surface area contributed by atoms with Gasteiger partial charge in [0, 0.05) is 12.1 Å². The second-order valence-corrected chi connectivity index (χ2v) is 7.95. The van der Waals surface area contributed by atoms with Gasteiger partial charge >= 0.3 is 0 Å². The van der Waals surface area contributed by atoms with Crippen molar-refractivity contribution in [2.45, 2.75) is 70.9 Å². The number of rotatable bonds is 3. The average Bonchev–Trinajstić information content (AvgIpc) is 3.06. The maximum absolute atomic E-state index is 3.99. The van der Waals surface area contributed by atoms with E-state index in [9.17, 15) is 0 Å². The Morgan fingerprint density at radius 2 is 1.65 bits per heavy atom. The Morgan fingerprint density at radius 3 is 2.18 bits per heavy atom. The molecule has 2 atom stereocenters. The van der Waals surface area contributed by atoms with Crippen LogP contribution in [0.2, 0.25) is 0 Å². The molecule has 0 amide bonds. The molecule has 0 aromatic rings. The monoisotopic (exact) mass is 233 g/mol. The molecule has 1 heteroatoms. The summed E-state index contributed by atoms with van der Waals surface area (Å²) in [5.41, 5.74) is 0.748. The van der Waals surface area contributed by atoms with Crippen molar-refractivity contribution in [3.63, 3.8) is 0 Å². The fourth-order valence-corrected chi connectivity index (χ4v) is 5.59. The molecule has 5 rings (SSSR count). The third kappa shape index (κ3) is 1.61. The van der Waals surface area contributed by atoms with Crippen molar-refractivity contribution in [3.8, 4) is 0 Å². The lowest BCUT2D eigenvalue weighted by atomic mass is 9.45. The smallest absolute Gasteiger partial charge is 0.0127 e. The Hall–Kier alpha value is -0.0400. The van der Waals surface area contributed by atoms with E-state index in [1.165, 1.54) is 12.8 Å². The van der Waals surface area contributed by atoms with Gasteiger partial charge in [0.15, 0.2) is 0 Å². The number of hydrogen-bond donors (Lipinski definition) is 1. The predicted octanol–water partition coefficient (Wildman–Crippen LogP) is 3.59. The van der Waals surface area contributed by atoms with Gasteiger partial charge in [-0.25, -0.2) is 0 Å². The van der Waals surface area contributed by atoms with Crippen molar-refractivity contribution >= 4 is 0 Å². The molecular formula is C16H27N. The lowest BCUT2D eigenvalue weighted by Gasteiger charge is -2.62. The zero-order valence-electron chi connectivity index (χ0n) is 11.4. The van der Waals surface area contributed by atoms with E-state index in [1.54, 1.807) is 32.1 Å². The van der Waals surface area contributed by atoms with Crippen LogP contribution in [-0.2, 0) is 0 Å². The molecule has 0 spiro atoms. The summed E-state index contributed by atoms with van der Waals surface area (Å²) in [6.07, 6.45) is 10.7. The van der Waals surface area contributed by atoms with Gasteiger partial charge in [-0.05, 0) is 74.0 Å². The third-order valence-electron chi connectivity index (χ3n) is 6.55. The minimum Gasteiger partial charge on any atom is -0.311 e. The van der Waals surface area contributed by atoms with E-state index in [0.717, 1.165) is 41.2 Å². The Kier molecular flexibility index (Phi) is 2.23. The summed E-state index contributed by atoms with van der Waals surface area (Å²) in [6.45, 7) is 4.97. The first kappa shape index (κ1) is 10.8. The van der Waals surface area contributed by atoms with Crippen molar-refractivity contribution < 1.29 is 0 Å². The Bertz CT molecular complexity index is 301. The molecule has 5 saturated carbocycles. The molecule has 1 nitrogen and oxygen atoms in total. The minimum absolute atomic E-state index is 0.748. The quantitative estimate of drug-likeness (QED) is 0.785. The van der Waals surface area contributed by atoms with Crippen molar-refractivity contribution in [3.05, 3.63) is 0 Å². The summed E-state index contributed by atoms with van der Waals surface area (Å²) in [7, 11) is 0. The van der Waals surface area contributed by atoms with Crippen molar-refractivity contribution in [2.24, 2.45) is 29.1 Å². The molecule has 96 valence electrons. The van der Waals surface area contributed by atoms with Gasteiger partial charge in [-0.15, -0.1) is 0 Å². The molecule has 5 fully saturated rings. The lowest BCUT2D eigenvalue weighted by molar-refractivity contribution is -0.0997. The summed E-state index contributed by atoms with van der Waals surface area (Å²) in [5, 5.41) is 3.99. The van der Waals surface area contributed by atoms with E-state index >= 15 is 0 Å². The molecule has 0 aliphatic heterocycles. The zero-order valence-corrected chi connectivity index (χ0v) is 11.4. The summed E-state index contributed by atoms with van der Waals surface area (Å²) in [4.78, 5) is 0. The second kappa shape index (κ2) is 3.50. The van der Waals surface area contributed by atoms with E-state index in [0.29, 0.717) is 0 Å². The van der Waals surface area contributed by atoms with Gasteiger partial charge < -0.3 is 5.32 Å². The highest BCUT2D eigenvalue weighted by molar-refractivity contribution is 5.09. The van der Waals surface area contributed by atoms with Crippen LogP contribution in [0.3, 0.4) is 0 Å². The van der Waals surface area contributed by atoms with Crippen LogP contribution in [0.1, 0.15) is 58.8 Å². The third-order valence-corrected chi connectivity index (χ3v) is 6.55. The fourth-order valence-electron chi connectivity index (χ4n) is 5.59. The van der Waals surface area contributed by atoms with Gasteiger partial charge in [-0.2, -0.15) is 0 Å². The first-order chi connectivity index (χ1) is 8.16.